The SMILES string of the molecule is Cc1cccc(-n2c(=O)nc(NC3CNC3)c3oc4ccc(Cl)cc4c32)c1. The van der Waals surface area contributed by atoms with Gasteiger partial charge in [0.05, 0.1) is 11.7 Å². The second-order valence-electron chi connectivity index (χ2n) is 6.84. The average molecular weight is 381 g/mol. The molecular weight excluding hydrogens is 364 g/mol. The summed E-state index contributed by atoms with van der Waals surface area (Å²) in [4.78, 5) is 17.3. The highest BCUT2D eigenvalue weighted by Gasteiger charge is 2.23. The molecule has 1 aliphatic rings. The number of hydrogen-bond donors (Lipinski definition) is 2. The van der Waals surface area contributed by atoms with Gasteiger partial charge in [-0.05, 0) is 42.8 Å². The first kappa shape index (κ1) is 16.4. The molecule has 0 radical (unpaired) electrons. The standard InChI is InChI=1S/C20H17ClN4O2/c1-11-3-2-4-14(7-11)25-17-15-8-12(21)5-6-16(15)27-18(17)19(24-20(25)26)23-13-9-22-10-13/h2-8,13,22H,9-10H2,1H3,(H,23,24,26). The van der Waals surface area contributed by atoms with E-state index in [1.165, 1.54) is 0 Å². The first-order valence-corrected chi connectivity index (χ1v) is 9.17. The van der Waals surface area contributed by atoms with Crippen LogP contribution in [0.25, 0.3) is 27.8 Å². The Morgan fingerprint density at radius 3 is 2.85 bits per heavy atom. The Hall–Kier alpha value is -2.83. The summed E-state index contributed by atoms with van der Waals surface area (Å²) in [5.41, 5.74) is 3.34. The lowest BCUT2D eigenvalue weighted by Crippen LogP contribution is -2.51. The van der Waals surface area contributed by atoms with Crippen LogP contribution in [0, 0.1) is 6.92 Å². The quantitative estimate of drug-likeness (QED) is 0.569. The van der Waals surface area contributed by atoms with Crippen molar-refractivity contribution >= 4 is 39.5 Å². The highest BCUT2D eigenvalue weighted by Crippen LogP contribution is 2.34. The largest absolute Gasteiger partial charge is 0.450 e. The van der Waals surface area contributed by atoms with Crippen molar-refractivity contribution in [1.82, 2.24) is 14.9 Å². The van der Waals surface area contributed by atoms with Crippen LogP contribution in [0.2, 0.25) is 5.02 Å². The molecule has 0 aliphatic carbocycles. The summed E-state index contributed by atoms with van der Waals surface area (Å²) in [6, 6.07) is 13.4. The van der Waals surface area contributed by atoms with E-state index in [9.17, 15) is 4.79 Å². The Balaban J connectivity index is 1.87. The van der Waals surface area contributed by atoms with Gasteiger partial charge in [0.25, 0.3) is 0 Å². The molecule has 0 amide bonds. The molecule has 5 rings (SSSR count). The molecule has 0 atom stereocenters. The monoisotopic (exact) mass is 380 g/mol. The Labute approximate surface area is 159 Å². The van der Waals surface area contributed by atoms with E-state index in [2.05, 4.69) is 15.6 Å². The van der Waals surface area contributed by atoms with Crippen LogP contribution < -0.4 is 16.3 Å². The number of anilines is 1. The lowest BCUT2D eigenvalue weighted by atomic mass is 10.1. The van der Waals surface area contributed by atoms with E-state index >= 15 is 0 Å². The van der Waals surface area contributed by atoms with Crippen LogP contribution in [0.5, 0.6) is 0 Å². The van der Waals surface area contributed by atoms with Crippen molar-refractivity contribution < 1.29 is 4.42 Å². The van der Waals surface area contributed by atoms with Gasteiger partial charge in [-0.1, -0.05) is 23.7 Å². The molecule has 0 saturated carbocycles. The maximum absolute atomic E-state index is 13.0. The summed E-state index contributed by atoms with van der Waals surface area (Å²) in [5, 5.41) is 7.89. The zero-order valence-corrected chi connectivity index (χ0v) is 15.4. The summed E-state index contributed by atoms with van der Waals surface area (Å²) in [7, 11) is 0. The first-order chi connectivity index (χ1) is 13.1. The average Bonchev–Trinajstić information content (AvgIpc) is 2.97. The molecule has 0 bridgehead atoms. The molecule has 3 heterocycles. The van der Waals surface area contributed by atoms with Gasteiger partial charge in [-0.2, -0.15) is 4.98 Å². The molecule has 2 N–H and O–H groups in total. The summed E-state index contributed by atoms with van der Waals surface area (Å²) in [5.74, 6) is 0.470. The molecule has 4 aromatic rings. The number of aryl methyl sites for hydroxylation is 1. The number of fused-ring (bicyclic) bond motifs is 3. The Kier molecular flexibility index (Phi) is 3.70. The normalized spacial score (nSPS) is 14.6. The van der Waals surface area contributed by atoms with Crippen LogP contribution in [-0.4, -0.2) is 28.7 Å². The molecule has 2 aromatic carbocycles. The van der Waals surface area contributed by atoms with Crippen molar-refractivity contribution in [2.75, 3.05) is 18.4 Å². The van der Waals surface area contributed by atoms with Crippen LogP contribution in [0.3, 0.4) is 0 Å². The number of halogens is 1. The van der Waals surface area contributed by atoms with Gasteiger partial charge in [0.1, 0.15) is 11.1 Å². The zero-order chi connectivity index (χ0) is 18.5. The second kappa shape index (κ2) is 6.11. The third-order valence-electron chi connectivity index (χ3n) is 4.84. The number of rotatable bonds is 3. The number of nitrogens with zero attached hydrogens (tertiary/aromatic N) is 2. The molecule has 1 saturated heterocycles. The van der Waals surface area contributed by atoms with E-state index in [0.717, 1.165) is 29.7 Å². The van der Waals surface area contributed by atoms with Crippen LogP contribution in [0.1, 0.15) is 5.56 Å². The molecule has 1 fully saturated rings. The molecule has 0 spiro atoms. The van der Waals surface area contributed by atoms with Crippen molar-refractivity contribution in [2.24, 2.45) is 0 Å². The van der Waals surface area contributed by atoms with E-state index in [1.807, 2.05) is 43.3 Å². The first-order valence-electron chi connectivity index (χ1n) is 8.79. The van der Waals surface area contributed by atoms with Crippen molar-refractivity contribution in [3.63, 3.8) is 0 Å². The number of aromatic nitrogens is 2. The van der Waals surface area contributed by atoms with Gasteiger partial charge in [0, 0.05) is 23.5 Å². The highest BCUT2D eigenvalue weighted by molar-refractivity contribution is 6.31. The van der Waals surface area contributed by atoms with E-state index in [1.54, 1.807) is 10.6 Å². The van der Waals surface area contributed by atoms with E-state index < -0.39 is 0 Å². The maximum atomic E-state index is 13.0. The Morgan fingerprint density at radius 2 is 2.11 bits per heavy atom. The lowest BCUT2D eigenvalue weighted by Gasteiger charge is -2.28. The topological polar surface area (TPSA) is 72.1 Å². The molecule has 6 nitrogen and oxygen atoms in total. The highest BCUT2D eigenvalue weighted by atomic mass is 35.5. The number of benzene rings is 2. The number of furan rings is 1. The van der Waals surface area contributed by atoms with E-state index in [4.69, 9.17) is 16.0 Å². The van der Waals surface area contributed by atoms with Crippen LogP contribution in [-0.2, 0) is 0 Å². The van der Waals surface area contributed by atoms with Gasteiger partial charge in [0.15, 0.2) is 11.4 Å². The predicted octanol–water partition coefficient (Wildman–Crippen LogP) is 3.48. The van der Waals surface area contributed by atoms with Crippen LogP contribution in [0.15, 0.2) is 51.7 Å². The molecule has 27 heavy (non-hydrogen) atoms. The predicted molar refractivity (Wildman–Crippen MR) is 107 cm³/mol. The second-order valence-corrected chi connectivity index (χ2v) is 7.27. The van der Waals surface area contributed by atoms with Gasteiger partial charge in [-0.25, -0.2) is 4.79 Å². The van der Waals surface area contributed by atoms with Crippen molar-refractivity contribution in [3.8, 4) is 5.69 Å². The lowest BCUT2D eigenvalue weighted by molar-refractivity contribution is 0.470. The maximum Gasteiger partial charge on any atom is 0.354 e. The number of nitrogens with one attached hydrogen (secondary N) is 2. The van der Waals surface area contributed by atoms with Gasteiger partial charge >= 0.3 is 5.69 Å². The summed E-state index contributed by atoms with van der Waals surface area (Å²) in [6.07, 6.45) is 0. The van der Waals surface area contributed by atoms with Crippen LogP contribution in [0.4, 0.5) is 5.82 Å². The fraction of sp³-hybridized carbons (Fsp3) is 0.200. The van der Waals surface area contributed by atoms with E-state index in [-0.39, 0.29) is 11.7 Å². The van der Waals surface area contributed by atoms with Crippen LogP contribution >= 0.6 is 11.6 Å². The minimum Gasteiger partial charge on any atom is -0.450 e. The fourth-order valence-electron chi connectivity index (χ4n) is 3.42. The summed E-state index contributed by atoms with van der Waals surface area (Å²) in [6.45, 7) is 3.65. The molecule has 1 aliphatic heterocycles. The smallest absolute Gasteiger partial charge is 0.354 e. The third-order valence-corrected chi connectivity index (χ3v) is 5.08. The van der Waals surface area contributed by atoms with Crippen molar-refractivity contribution in [1.29, 1.82) is 0 Å². The Bertz CT molecular complexity index is 1240. The minimum absolute atomic E-state index is 0.228. The third kappa shape index (κ3) is 2.69. The minimum atomic E-state index is -0.356. The molecule has 136 valence electrons. The van der Waals surface area contributed by atoms with Gasteiger partial charge in [-0.15, -0.1) is 0 Å². The summed E-state index contributed by atoms with van der Waals surface area (Å²) < 4.78 is 7.68. The van der Waals surface area contributed by atoms with Gasteiger partial charge < -0.3 is 15.1 Å². The van der Waals surface area contributed by atoms with Gasteiger partial charge in [-0.3, -0.25) is 4.57 Å². The molecule has 0 unspecified atom stereocenters. The zero-order valence-electron chi connectivity index (χ0n) is 14.6. The molecule has 7 heteroatoms. The van der Waals surface area contributed by atoms with Gasteiger partial charge in [0.2, 0.25) is 0 Å². The fourth-order valence-corrected chi connectivity index (χ4v) is 3.59. The number of hydrogen-bond acceptors (Lipinski definition) is 5. The molecular formula is C20H17ClN4O2. The Morgan fingerprint density at radius 1 is 1.26 bits per heavy atom. The summed E-state index contributed by atoms with van der Waals surface area (Å²) >= 11 is 6.23. The van der Waals surface area contributed by atoms with Crippen molar-refractivity contribution in [3.05, 3.63) is 63.5 Å². The van der Waals surface area contributed by atoms with Crippen molar-refractivity contribution in [2.45, 2.75) is 13.0 Å². The molecule has 2 aromatic heterocycles. The van der Waals surface area contributed by atoms with E-state index in [0.29, 0.717) is 27.5 Å².